The van der Waals surface area contributed by atoms with Crippen molar-refractivity contribution in [3.63, 3.8) is 0 Å². The lowest BCUT2D eigenvalue weighted by Crippen LogP contribution is -2.43. The van der Waals surface area contributed by atoms with E-state index in [-0.39, 0.29) is 18.4 Å². The fourth-order valence-electron chi connectivity index (χ4n) is 3.36. The first-order valence-corrected chi connectivity index (χ1v) is 9.08. The van der Waals surface area contributed by atoms with Crippen LogP contribution in [0.1, 0.15) is 31.0 Å². The molecule has 2 aromatic rings. The average molecular weight is 405 g/mol. The summed E-state index contributed by atoms with van der Waals surface area (Å²) in [6.07, 6.45) is 5.17. The molecule has 1 aliphatic rings. The maximum atomic E-state index is 13.6. The van der Waals surface area contributed by atoms with E-state index in [0.29, 0.717) is 35.9 Å². The molecule has 0 saturated carbocycles. The first-order chi connectivity index (χ1) is 13.7. The summed E-state index contributed by atoms with van der Waals surface area (Å²) >= 11 is 0. The molecule has 0 atom stereocenters. The Labute approximate surface area is 166 Å². The van der Waals surface area contributed by atoms with E-state index in [1.165, 1.54) is 0 Å². The van der Waals surface area contributed by atoms with Crippen molar-refractivity contribution in [2.45, 2.75) is 25.4 Å². The molecule has 1 aliphatic heterocycles. The summed E-state index contributed by atoms with van der Waals surface area (Å²) < 4.78 is 40.4. The Hall–Kier alpha value is -2.94. The Balaban J connectivity index is 1.81. The van der Waals surface area contributed by atoms with Crippen LogP contribution in [0.5, 0.6) is 0 Å². The molecule has 6 nitrogen and oxygen atoms in total. The molecular formula is C20H22F3N5O. The van der Waals surface area contributed by atoms with Gasteiger partial charge in [-0.2, -0.15) is 0 Å². The van der Waals surface area contributed by atoms with E-state index in [1.54, 1.807) is 32.6 Å². The molecule has 2 heterocycles. The fraction of sp³-hybridized carbons (Fsp3) is 0.350. The predicted octanol–water partition coefficient (Wildman–Crippen LogP) is 2.77. The number of halogens is 3. The van der Waals surface area contributed by atoms with Gasteiger partial charge in [0.25, 0.3) is 0 Å². The molecule has 0 radical (unpaired) electrons. The van der Waals surface area contributed by atoms with Crippen molar-refractivity contribution in [1.29, 1.82) is 0 Å². The number of aliphatic imine (C=N–C) groups is 1. The van der Waals surface area contributed by atoms with Crippen molar-refractivity contribution in [1.82, 2.24) is 9.97 Å². The molecule has 3 rings (SSSR count). The molecule has 1 aromatic heterocycles. The van der Waals surface area contributed by atoms with E-state index >= 15 is 0 Å². The normalized spacial score (nSPS) is 17.5. The molecule has 9 heteroatoms. The van der Waals surface area contributed by atoms with Crippen LogP contribution in [0, 0.1) is 17.5 Å². The van der Waals surface area contributed by atoms with Gasteiger partial charge < -0.3 is 15.7 Å². The highest BCUT2D eigenvalue weighted by atomic mass is 19.2. The zero-order valence-electron chi connectivity index (χ0n) is 16.2. The molecule has 29 heavy (non-hydrogen) atoms. The van der Waals surface area contributed by atoms with Gasteiger partial charge in [0.05, 0.1) is 23.7 Å². The van der Waals surface area contributed by atoms with Crippen LogP contribution in [-0.2, 0) is 5.60 Å². The molecule has 0 aliphatic carbocycles. The number of hydrogen-bond donors (Lipinski definition) is 2. The van der Waals surface area contributed by atoms with Gasteiger partial charge >= 0.3 is 0 Å². The van der Waals surface area contributed by atoms with Crippen LogP contribution in [0.15, 0.2) is 35.2 Å². The van der Waals surface area contributed by atoms with E-state index in [4.69, 9.17) is 5.73 Å². The molecule has 0 spiro atoms. The zero-order chi connectivity index (χ0) is 21.2. The fourth-order valence-corrected chi connectivity index (χ4v) is 3.36. The Bertz CT molecular complexity index is 941. The van der Waals surface area contributed by atoms with E-state index in [1.807, 2.05) is 4.90 Å². The number of rotatable bonds is 4. The van der Waals surface area contributed by atoms with Gasteiger partial charge in [-0.3, -0.25) is 9.98 Å². The van der Waals surface area contributed by atoms with Crippen LogP contribution < -0.4 is 10.6 Å². The lowest BCUT2D eigenvalue weighted by molar-refractivity contribution is 0.0109. The van der Waals surface area contributed by atoms with Gasteiger partial charge in [0.1, 0.15) is 5.82 Å². The molecule has 0 amide bonds. The van der Waals surface area contributed by atoms with Gasteiger partial charge in [-0.1, -0.05) is 0 Å². The highest BCUT2D eigenvalue weighted by Gasteiger charge is 2.36. The van der Waals surface area contributed by atoms with Crippen molar-refractivity contribution < 1.29 is 18.3 Å². The molecule has 1 saturated heterocycles. The molecule has 0 unspecified atom stereocenters. The minimum Gasteiger partial charge on any atom is -0.402 e. The van der Waals surface area contributed by atoms with Crippen LogP contribution in [0.25, 0.3) is 5.57 Å². The van der Waals surface area contributed by atoms with Gasteiger partial charge in [0.2, 0.25) is 0 Å². The average Bonchev–Trinajstić information content (AvgIpc) is 2.70. The monoisotopic (exact) mass is 405 g/mol. The number of nitrogens with zero attached hydrogens (tertiary/aromatic N) is 4. The van der Waals surface area contributed by atoms with Crippen molar-refractivity contribution in [3.05, 3.63) is 58.9 Å². The number of anilines is 1. The highest BCUT2D eigenvalue weighted by molar-refractivity contribution is 6.09. The summed E-state index contributed by atoms with van der Waals surface area (Å²) in [5, 5.41) is 10.9. The predicted molar refractivity (Wildman–Crippen MR) is 105 cm³/mol. The van der Waals surface area contributed by atoms with Gasteiger partial charge in [0, 0.05) is 37.6 Å². The van der Waals surface area contributed by atoms with Crippen LogP contribution in [0.3, 0.4) is 0 Å². The van der Waals surface area contributed by atoms with Gasteiger partial charge in [-0.05, 0) is 37.5 Å². The molecule has 154 valence electrons. The maximum Gasteiger partial charge on any atom is 0.194 e. The number of nitrogens with two attached hydrogens (primary N) is 1. The summed E-state index contributed by atoms with van der Waals surface area (Å²) in [6.45, 7) is 2.49. The Morgan fingerprint density at radius 3 is 2.38 bits per heavy atom. The van der Waals surface area contributed by atoms with Crippen LogP contribution in [0.4, 0.5) is 19.0 Å². The molecule has 0 bridgehead atoms. The Morgan fingerprint density at radius 2 is 1.83 bits per heavy atom. The molecular weight excluding hydrogens is 383 g/mol. The van der Waals surface area contributed by atoms with E-state index in [0.717, 1.165) is 12.1 Å². The number of aliphatic hydroxyl groups is 1. The first kappa shape index (κ1) is 20.8. The number of allylic oxidation sites excluding steroid dienone is 2. The summed E-state index contributed by atoms with van der Waals surface area (Å²) in [7, 11) is 1.63. The first-order valence-electron chi connectivity index (χ1n) is 9.08. The van der Waals surface area contributed by atoms with Crippen LogP contribution >= 0.6 is 0 Å². The van der Waals surface area contributed by atoms with E-state index in [9.17, 15) is 18.3 Å². The second-order valence-electron chi connectivity index (χ2n) is 7.02. The van der Waals surface area contributed by atoms with Gasteiger partial charge in [-0.25, -0.2) is 18.2 Å². The maximum absolute atomic E-state index is 13.6. The van der Waals surface area contributed by atoms with Crippen LogP contribution in [-0.4, -0.2) is 41.4 Å². The summed E-state index contributed by atoms with van der Waals surface area (Å²) in [5.41, 5.74) is 6.25. The Morgan fingerprint density at radius 1 is 1.21 bits per heavy atom. The summed E-state index contributed by atoms with van der Waals surface area (Å²) in [5.74, 6) is -3.59. The number of aromatic nitrogens is 2. The Kier molecular flexibility index (Phi) is 5.88. The third-order valence-electron chi connectivity index (χ3n) is 5.02. The number of hydrogen-bond acceptors (Lipinski definition) is 6. The molecule has 3 N–H and O–H groups in total. The minimum absolute atomic E-state index is 0.0246. The number of benzene rings is 1. The SMILES string of the molecule is CN=C/C(=C(/C)N)c1cncc(N2CCC(O)(c3cc(F)c(F)c(F)c3)CC2)n1. The van der Waals surface area contributed by atoms with E-state index in [2.05, 4.69) is 15.0 Å². The zero-order valence-corrected chi connectivity index (χ0v) is 16.2. The van der Waals surface area contributed by atoms with E-state index < -0.39 is 23.1 Å². The lowest BCUT2D eigenvalue weighted by Gasteiger charge is -2.39. The second-order valence-corrected chi connectivity index (χ2v) is 7.02. The molecule has 1 fully saturated rings. The lowest BCUT2D eigenvalue weighted by atomic mass is 9.84. The topological polar surface area (TPSA) is 87.6 Å². The summed E-state index contributed by atoms with van der Waals surface area (Å²) in [4.78, 5) is 14.7. The van der Waals surface area contributed by atoms with Crippen molar-refractivity contribution in [3.8, 4) is 0 Å². The van der Waals surface area contributed by atoms with Crippen LogP contribution in [0.2, 0.25) is 0 Å². The largest absolute Gasteiger partial charge is 0.402 e. The number of piperidine rings is 1. The quantitative estimate of drug-likeness (QED) is 0.603. The third kappa shape index (κ3) is 4.24. The third-order valence-corrected chi connectivity index (χ3v) is 5.02. The van der Waals surface area contributed by atoms with Crippen molar-refractivity contribution in [2.75, 3.05) is 25.0 Å². The molecule has 1 aromatic carbocycles. The van der Waals surface area contributed by atoms with Crippen molar-refractivity contribution >= 4 is 17.6 Å². The highest BCUT2D eigenvalue weighted by Crippen LogP contribution is 2.35. The summed E-state index contributed by atoms with van der Waals surface area (Å²) in [6, 6.07) is 1.69. The van der Waals surface area contributed by atoms with Gasteiger partial charge in [-0.15, -0.1) is 0 Å². The van der Waals surface area contributed by atoms with Gasteiger partial charge in [0.15, 0.2) is 17.5 Å². The standard InChI is InChI=1S/C20H22F3N5O/c1-12(24)14(9-25-2)17-10-26-11-18(27-17)28-5-3-20(29,4-6-28)13-7-15(21)19(23)16(22)8-13/h7-11,29H,3-6,24H2,1-2H3/b14-12+,25-9?. The second kappa shape index (κ2) is 8.20. The van der Waals surface area contributed by atoms with Crippen molar-refractivity contribution in [2.24, 2.45) is 10.7 Å². The minimum atomic E-state index is -1.54. The smallest absolute Gasteiger partial charge is 0.194 e.